The molecular weight excluding hydrogens is 358 g/mol. The summed E-state index contributed by atoms with van der Waals surface area (Å²) < 4.78 is 10.2. The molecule has 2 aromatic carbocycles. The number of hydrogen-bond acceptors (Lipinski definition) is 2. The highest BCUT2D eigenvalue weighted by molar-refractivity contribution is 5.64. The lowest BCUT2D eigenvalue weighted by Gasteiger charge is -2.08. The number of aromatic nitrogens is 2. The summed E-state index contributed by atoms with van der Waals surface area (Å²) in [5.74, 6) is 0.919. The average molecular weight is 389 g/mol. The number of nitriles is 1. The van der Waals surface area contributed by atoms with E-state index in [4.69, 9.17) is 10.00 Å². The van der Waals surface area contributed by atoms with Crippen LogP contribution in [0.15, 0.2) is 67.3 Å². The van der Waals surface area contributed by atoms with E-state index in [1.54, 1.807) is 0 Å². The largest absolute Gasteiger partial charge is 0.494 e. The Morgan fingerprint density at radius 2 is 1.48 bits per heavy atom. The molecule has 0 aliphatic heterocycles. The second-order valence-electron chi connectivity index (χ2n) is 7.50. The van der Waals surface area contributed by atoms with Gasteiger partial charge in [0, 0.05) is 0 Å². The summed E-state index contributed by atoms with van der Waals surface area (Å²) in [6, 6.07) is 18.0. The van der Waals surface area contributed by atoms with Crippen molar-refractivity contribution in [3.63, 3.8) is 0 Å². The molecule has 4 nitrogen and oxygen atoms in total. The number of aryl methyl sites for hydroxylation is 2. The van der Waals surface area contributed by atoms with Crippen LogP contribution in [0.1, 0.15) is 44.1 Å². The quantitative estimate of drug-likeness (QED) is 0.332. The third-order valence-electron chi connectivity index (χ3n) is 5.10. The summed E-state index contributed by atoms with van der Waals surface area (Å²) in [6.45, 7) is 1.89. The van der Waals surface area contributed by atoms with Crippen LogP contribution in [-0.4, -0.2) is 11.2 Å². The van der Waals surface area contributed by atoms with Crippen molar-refractivity contribution < 1.29 is 9.30 Å². The fourth-order valence-electron chi connectivity index (χ4n) is 3.41. The van der Waals surface area contributed by atoms with Gasteiger partial charge < -0.3 is 4.74 Å². The van der Waals surface area contributed by atoms with Gasteiger partial charge >= 0.3 is 0 Å². The molecule has 0 fully saturated rings. The second-order valence-corrected chi connectivity index (χ2v) is 7.50. The maximum Gasteiger partial charge on any atom is 0.243 e. The first-order valence-electron chi connectivity index (χ1n) is 10.5. The van der Waals surface area contributed by atoms with E-state index in [0.29, 0.717) is 5.56 Å². The molecule has 3 rings (SSSR count). The van der Waals surface area contributed by atoms with Gasteiger partial charge in [0.05, 0.1) is 31.8 Å². The highest BCUT2D eigenvalue weighted by atomic mass is 16.5. The van der Waals surface area contributed by atoms with E-state index in [2.05, 4.69) is 53.1 Å². The third kappa shape index (κ3) is 6.80. The minimum atomic E-state index is 0.684. The minimum Gasteiger partial charge on any atom is -0.494 e. The van der Waals surface area contributed by atoms with Gasteiger partial charge in [0.25, 0.3) is 0 Å². The van der Waals surface area contributed by atoms with Crippen molar-refractivity contribution in [3.8, 4) is 22.9 Å². The summed E-state index contributed by atoms with van der Waals surface area (Å²) in [5.41, 5.74) is 2.93. The fourth-order valence-corrected chi connectivity index (χ4v) is 3.41. The number of ether oxygens (including phenoxy) is 1. The third-order valence-corrected chi connectivity index (χ3v) is 5.10. The van der Waals surface area contributed by atoms with Crippen LogP contribution in [-0.2, 0) is 13.6 Å². The van der Waals surface area contributed by atoms with Crippen LogP contribution in [0.4, 0.5) is 0 Å². The predicted molar refractivity (Wildman–Crippen MR) is 115 cm³/mol. The molecule has 0 atom stereocenters. The molecule has 150 valence electrons. The summed E-state index contributed by atoms with van der Waals surface area (Å²) in [6.07, 6.45) is 13.8. The standard InChI is InChI=1S/C25H30N3O/c1-27-17-18-28(21-27)16-6-4-2-3-5-7-19-29-25-14-12-24(13-15-25)23-10-8-22(20-26)9-11-23/h8-15,17-18,21H,2-7,16,19H2,1H3/q+1. The monoisotopic (exact) mass is 388 g/mol. The van der Waals surface area contributed by atoms with Gasteiger partial charge in [-0.15, -0.1) is 0 Å². The normalized spacial score (nSPS) is 10.6. The van der Waals surface area contributed by atoms with E-state index in [-0.39, 0.29) is 0 Å². The van der Waals surface area contributed by atoms with Gasteiger partial charge in [0.1, 0.15) is 18.1 Å². The van der Waals surface area contributed by atoms with Crippen LogP contribution in [0.2, 0.25) is 0 Å². The Morgan fingerprint density at radius 3 is 2.10 bits per heavy atom. The van der Waals surface area contributed by atoms with Gasteiger partial charge in [-0.05, 0) is 54.7 Å². The first-order valence-corrected chi connectivity index (χ1v) is 10.5. The molecule has 0 saturated heterocycles. The molecule has 3 aromatic rings. The van der Waals surface area contributed by atoms with E-state index < -0.39 is 0 Å². The summed E-state index contributed by atoms with van der Waals surface area (Å²) in [7, 11) is 2.06. The molecule has 0 unspecified atom stereocenters. The smallest absolute Gasteiger partial charge is 0.243 e. The lowest BCUT2D eigenvalue weighted by molar-refractivity contribution is -0.671. The molecule has 1 aromatic heterocycles. The Hall–Kier alpha value is -3.06. The number of imidazole rings is 1. The molecule has 0 spiro atoms. The Kier molecular flexibility index (Phi) is 7.89. The van der Waals surface area contributed by atoms with Gasteiger partial charge in [-0.1, -0.05) is 43.5 Å². The summed E-state index contributed by atoms with van der Waals surface area (Å²) >= 11 is 0. The van der Waals surface area contributed by atoms with Gasteiger partial charge in [0.2, 0.25) is 6.33 Å². The molecule has 29 heavy (non-hydrogen) atoms. The Balaban J connectivity index is 1.26. The molecule has 0 saturated carbocycles. The lowest BCUT2D eigenvalue weighted by atomic mass is 10.0. The predicted octanol–water partition coefficient (Wildman–Crippen LogP) is 5.27. The zero-order valence-corrected chi connectivity index (χ0v) is 17.3. The van der Waals surface area contributed by atoms with Crippen molar-refractivity contribution in [2.45, 2.75) is 45.1 Å². The Morgan fingerprint density at radius 1 is 0.862 bits per heavy atom. The number of unbranched alkanes of at least 4 members (excludes halogenated alkanes) is 5. The second kappa shape index (κ2) is 11.1. The van der Waals surface area contributed by atoms with E-state index in [9.17, 15) is 0 Å². The maximum atomic E-state index is 8.89. The molecule has 0 aliphatic carbocycles. The van der Waals surface area contributed by atoms with Crippen molar-refractivity contribution in [2.75, 3.05) is 6.61 Å². The van der Waals surface area contributed by atoms with Crippen molar-refractivity contribution in [1.29, 1.82) is 5.26 Å². The van der Waals surface area contributed by atoms with Crippen LogP contribution in [0.3, 0.4) is 0 Å². The maximum absolute atomic E-state index is 8.89. The molecule has 4 heteroatoms. The fraction of sp³-hybridized carbons (Fsp3) is 0.360. The van der Waals surface area contributed by atoms with Crippen molar-refractivity contribution in [2.24, 2.45) is 7.05 Å². The first-order chi connectivity index (χ1) is 14.2. The molecule has 1 heterocycles. The van der Waals surface area contributed by atoms with E-state index in [1.807, 2.05) is 36.4 Å². The number of nitrogens with zero attached hydrogens (tertiary/aromatic N) is 3. The van der Waals surface area contributed by atoms with Crippen LogP contribution in [0, 0.1) is 11.3 Å². The van der Waals surface area contributed by atoms with Crippen LogP contribution < -0.4 is 9.30 Å². The van der Waals surface area contributed by atoms with Gasteiger partial charge in [0.15, 0.2) is 0 Å². The van der Waals surface area contributed by atoms with Crippen molar-refractivity contribution in [3.05, 3.63) is 72.8 Å². The molecular formula is C25H30N3O+. The average Bonchev–Trinajstić information content (AvgIpc) is 3.18. The van der Waals surface area contributed by atoms with Crippen molar-refractivity contribution >= 4 is 0 Å². The number of benzene rings is 2. The van der Waals surface area contributed by atoms with E-state index in [1.165, 1.54) is 32.1 Å². The summed E-state index contributed by atoms with van der Waals surface area (Å²) in [4.78, 5) is 0. The summed E-state index contributed by atoms with van der Waals surface area (Å²) in [5, 5.41) is 8.89. The number of hydrogen-bond donors (Lipinski definition) is 0. The zero-order valence-electron chi connectivity index (χ0n) is 17.3. The van der Waals surface area contributed by atoms with Crippen LogP contribution >= 0.6 is 0 Å². The highest BCUT2D eigenvalue weighted by Gasteiger charge is 2.01. The van der Waals surface area contributed by atoms with Crippen LogP contribution in [0.25, 0.3) is 11.1 Å². The van der Waals surface area contributed by atoms with E-state index >= 15 is 0 Å². The molecule has 0 aliphatic rings. The minimum absolute atomic E-state index is 0.684. The highest BCUT2D eigenvalue weighted by Crippen LogP contribution is 2.23. The molecule has 0 bridgehead atoms. The zero-order chi connectivity index (χ0) is 20.3. The van der Waals surface area contributed by atoms with Crippen molar-refractivity contribution in [1.82, 2.24) is 4.57 Å². The van der Waals surface area contributed by atoms with Gasteiger partial charge in [-0.2, -0.15) is 5.26 Å². The lowest BCUT2D eigenvalue weighted by Crippen LogP contribution is -2.23. The van der Waals surface area contributed by atoms with Crippen LogP contribution in [0.5, 0.6) is 5.75 Å². The molecule has 0 amide bonds. The topological polar surface area (TPSA) is 41.8 Å². The Labute approximate surface area is 174 Å². The van der Waals surface area contributed by atoms with Gasteiger partial charge in [-0.3, -0.25) is 0 Å². The number of rotatable bonds is 11. The Bertz CT molecular complexity index is 904. The SMILES string of the molecule is C[n+]1ccn(CCCCCCCCOc2ccc(-c3ccc(C#N)cc3)cc2)c1. The van der Waals surface area contributed by atoms with Gasteiger partial charge in [-0.25, -0.2) is 9.13 Å². The molecule has 0 N–H and O–H groups in total. The first kappa shape index (κ1) is 20.7. The molecule has 0 radical (unpaired) electrons. The van der Waals surface area contributed by atoms with E-state index in [0.717, 1.165) is 36.4 Å².